The van der Waals surface area contributed by atoms with Crippen LogP contribution in [0.4, 0.5) is 5.69 Å². The molecule has 106 valence electrons. The molecular weight excluding hydrogens is 274 g/mol. The molecule has 2 aromatic rings. The molecule has 0 spiro atoms. The van der Waals surface area contributed by atoms with Crippen molar-refractivity contribution in [2.24, 2.45) is 0 Å². The molecule has 4 heteroatoms. The van der Waals surface area contributed by atoms with Crippen LogP contribution in [0.15, 0.2) is 30.3 Å². The second-order valence-electron chi connectivity index (χ2n) is 4.68. The molecule has 0 heterocycles. The molecule has 20 heavy (non-hydrogen) atoms. The van der Waals surface area contributed by atoms with Gasteiger partial charge in [-0.2, -0.15) is 0 Å². The molecule has 0 saturated carbocycles. The molecule has 0 atom stereocenters. The number of anilines is 1. The van der Waals surface area contributed by atoms with Gasteiger partial charge < -0.3 is 15.2 Å². The fourth-order valence-corrected chi connectivity index (χ4v) is 2.35. The van der Waals surface area contributed by atoms with Gasteiger partial charge in [-0.05, 0) is 37.6 Å². The number of aryl methyl sites for hydroxylation is 1. The fraction of sp³-hybridized carbons (Fsp3) is 0.250. The van der Waals surface area contributed by atoms with Crippen molar-refractivity contribution in [3.63, 3.8) is 0 Å². The minimum atomic E-state index is 0.320. The fourth-order valence-electron chi connectivity index (χ4n) is 2.11. The highest BCUT2D eigenvalue weighted by Crippen LogP contribution is 2.31. The van der Waals surface area contributed by atoms with Crippen molar-refractivity contribution in [3.8, 4) is 11.5 Å². The Labute approximate surface area is 124 Å². The van der Waals surface area contributed by atoms with E-state index in [1.165, 1.54) is 0 Å². The molecule has 0 aliphatic heterocycles. The quantitative estimate of drug-likeness (QED) is 0.883. The van der Waals surface area contributed by atoms with Gasteiger partial charge >= 0.3 is 0 Å². The zero-order valence-electron chi connectivity index (χ0n) is 11.8. The van der Waals surface area contributed by atoms with Gasteiger partial charge in [0.2, 0.25) is 0 Å². The Morgan fingerprint density at radius 2 is 1.95 bits per heavy atom. The topological polar surface area (TPSA) is 41.5 Å². The highest BCUT2D eigenvalue weighted by atomic mass is 35.5. The van der Waals surface area contributed by atoms with Crippen LogP contribution in [0.25, 0.3) is 0 Å². The molecule has 0 radical (unpaired) electrons. The molecule has 3 nitrogen and oxygen atoms in total. The number of rotatable bonds is 4. The Morgan fingerprint density at radius 3 is 2.65 bits per heavy atom. The lowest BCUT2D eigenvalue weighted by molar-refractivity contribution is 0.410. The third-order valence-electron chi connectivity index (χ3n) is 3.38. The first kappa shape index (κ1) is 14.5. The van der Waals surface area contributed by atoms with Crippen LogP contribution in [-0.2, 0) is 6.54 Å². The van der Waals surface area contributed by atoms with Gasteiger partial charge in [-0.15, -0.1) is 0 Å². The minimum absolute atomic E-state index is 0.320. The second kappa shape index (κ2) is 6.06. The largest absolute Gasteiger partial charge is 0.507 e. The lowest BCUT2D eigenvalue weighted by Gasteiger charge is -2.15. The molecule has 0 aromatic heterocycles. The van der Waals surface area contributed by atoms with E-state index in [1.54, 1.807) is 7.11 Å². The summed E-state index contributed by atoms with van der Waals surface area (Å²) in [5.74, 6) is 1.07. The molecule has 0 fully saturated rings. The summed E-state index contributed by atoms with van der Waals surface area (Å²) in [4.78, 5) is 0. The zero-order valence-corrected chi connectivity index (χ0v) is 12.6. The van der Waals surface area contributed by atoms with Gasteiger partial charge in [-0.3, -0.25) is 0 Å². The minimum Gasteiger partial charge on any atom is -0.507 e. The maximum Gasteiger partial charge on any atom is 0.125 e. The van der Waals surface area contributed by atoms with Crippen LogP contribution in [0, 0.1) is 13.8 Å². The van der Waals surface area contributed by atoms with Crippen molar-refractivity contribution in [3.05, 3.63) is 52.0 Å². The van der Waals surface area contributed by atoms with E-state index in [0.717, 1.165) is 28.1 Å². The zero-order chi connectivity index (χ0) is 14.7. The van der Waals surface area contributed by atoms with Gasteiger partial charge in [0, 0.05) is 28.4 Å². The Hall–Kier alpha value is -1.87. The smallest absolute Gasteiger partial charge is 0.125 e. The predicted octanol–water partition coefficient (Wildman–Crippen LogP) is 4.28. The summed E-state index contributed by atoms with van der Waals surface area (Å²) in [5.41, 5.74) is 3.48. The average molecular weight is 292 g/mol. The maximum absolute atomic E-state index is 9.95. The molecule has 0 bridgehead atoms. The predicted molar refractivity (Wildman–Crippen MR) is 82.9 cm³/mol. The van der Waals surface area contributed by atoms with Crippen molar-refractivity contribution in [2.45, 2.75) is 20.4 Å². The molecule has 0 unspecified atom stereocenters. The molecule has 0 aliphatic rings. The van der Waals surface area contributed by atoms with Crippen LogP contribution in [-0.4, -0.2) is 12.2 Å². The molecule has 2 aromatic carbocycles. The molecule has 2 rings (SSSR count). The lowest BCUT2D eigenvalue weighted by atomic mass is 10.1. The molecular formula is C16H18ClNO2. The van der Waals surface area contributed by atoms with Gasteiger partial charge in [0.1, 0.15) is 11.5 Å². The van der Waals surface area contributed by atoms with Crippen LogP contribution in [0.1, 0.15) is 16.7 Å². The van der Waals surface area contributed by atoms with Gasteiger partial charge in [-0.25, -0.2) is 0 Å². The van der Waals surface area contributed by atoms with Gasteiger partial charge in [-0.1, -0.05) is 23.7 Å². The number of aromatic hydroxyl groups is 1. The molecule has 0 saturated heterocycles. The first-order valence-corrected chi connectivity index (χ1v) is 6.76. The van der Waals surface area contributed by atoms with Crippen LogP contribution >= 0.6 is 11.6 Å². The van der Waals surface area contributed by atoms with Crippen LogP contribution < -0.4 is 10.1 Å². The normalized spacial score (nSPS) is 10.4. The van der Waals surface area contributed by atoms with Crippen molar-refractivity contribution in [1.29, 1.82) is 0 Å². The monoisotopic (exact) mass is 291 g/mol. The standard InChI is InChI=1S/C16H18ClNO2/c1-10-7-8-14(11(2)16(10)19)18-9-12-13(17)5-4-6-15(12)20-3/h4-8,18-19H,9H2,1-3H3. The number of hydrogen-bond donors (Lipinski definition) is 2. The van der Waals surface area contributed by atoms with Gasteiger partial charge in [0.05, 0.1) is 7.11 Å². The van der Waals surface area contributed by atoms with Gasteiger partial charge in [0.15, 0.2) is 0 Å². The van der Waals surface area contributed by atoms with E-state index in [-0.39, 0.29) is 0 Å². The van der Waals surface area contributed by atoms with Crippen molar-refractivity contribution >= 4 is 17.3 Å². The number of phenolic OH excluding ortho intramolecular Hbond substituents is 1. The Balaban J connectivity index is 2.24. The first-order valence-electron chi connectivity index (χ1n) is 6.39. The Bertz CT molecular complexity index is 626. The highest BCUT2D eigenvalue weighted by Gasteiger charge is 2.10. The van der Waals surface area contributed by atoms with Crippen LogP contribution in [0.5, 0.6) is 11.5 Å². The van der Waals surface area contributed by atoms with E-state index in [9.17, 15) is 5.11 Å². The Kier molecular flexibility index (Phi) is 4.40. The van der Waals surface area contributed by atoms with Gasteiger partial charge in [0.25, 0.3) is 0 Å². The third kappa shape index (κ3) is 2.83. The molecule has 0 aliphatic carbocycles. The van der Waals surface area contributed by atoms with E-state index in [2.05, 4.69) is 5.32 Å². The number of nitrogens with one attached hydrogen (secondary N) is 1. The number of benzene rings is 2. The van der Waals surface area contributed by atoms with Crippen molar-refractivity contribution in [1.82, 2.24) is 0 Å². The van der Waals surface area contributed by atoms with E-state index in [1.807, 2.05) is 44.2 Å². The SMILES string of the molecule is COc1cccc(Cl)c1CNc1ccc(C)c(O)c1C. The van der Waals surface area contributed by atoms with Crippen molar-refractivity contribution in [2.75, 3.05) is 12.4 Å². The van der Waals surface area contributed by atoms with E-state index >= 15 is 0 Å². The first-order chi connectivity index (χ1) is 9.54. The van der Waals surface area contributed by atoms with Crippen LogP contribution in [0.3, 0.4) is 0 Å². The summed E-state index contributed by atoms with van der Waals surface area (Å²) in [6.07, 6.45) is 0. The highest BCUT2D eigenvalue weighted by molar-refractivity contribution is 6.31. The lowest BCUT2D eigenvalue weighted by Crippen LogP contribution is -2.04. The third-order valence-corrected chi connectivity index (χ3v) is 3.74. The summed E-state index contributed by atoms with van der Waals surface area (Å²) in [6.45, 7) is 4.30. The summed E-state index contributed by atoms with van der Waals surface area (Å²) in [7, 11) is 1.62. The van der Waals surface area contributed by atoms with Crippen LogP contribution in [0.2, 0.25) is 5.02 Å². The summed E-state index contributed by atoms with van der Waals surface area (Å²) in [6, 6.07) is 9.40. The summed E-state index contributed by atoms with van der Waals surface area (Å²) in [5, 5.41) is 13.9. The van der Waals surface area contributed by atoms with E-state index < -0.39 is 0 Å². The average Bonchev–Trinajstić information content (AvgIpc) is 2.45. The Morgan fingerprint density at radius 1 is 1.20 bits per heavy atom. The summed E-state index contributed by atoms with van der Waals surface area (Å²) >= 11 is 6.20. The molecule has 0 amide bonds. The van der Waals surface area contributed by atoms with E-state index in [4.69, 9.17) is 16.3 Å². The molecule has 2 N–H and O–H groups in total. The number of hydrogen-bond acceptors (Lipinski definition) is 3. The number of phenols is 1. The summed E-state index contributed by atoms with van der Waals surface area (Å²) < 4.78 is 5.31. The number of methoxy groups -OCH3 is 1. The van der Waals surface area contributed by atoms with E-state index in [0.29, 0.717) is 17.3 Å². The number of halogens is 1. The maximum atomic E-state index is 9.95. The second-order valence-corrected chi connectivity index (χ2v) is 5.09. The van der Waals surface area contributed by atoms with Crippen molar-refractivity contribution < 1.29 is 9.84 Å². The number of ether oxygens (including phenoxy) is 1.